The summed E-state index contributed by atoms with van der Waals surface area (Å²) in [6, 6.07) is 7.23. The average molecular weight is 497 g/mol. The molecule has 1 aliphatic rings. The molecule has 11 heteroatoms. The van der Waals surface area contributed by atoms with Crippen LogP contribution in [0.15, 0.2) is 34.6 Å². The predicted molar refractivity (Wildman–Crippen MR) is 133 cm³/mol. The second-order valence-corrected chi connectivity index (χ2v) is 11.2. The zero-order valence-electron chi connectivity index (χ0n) is 20.6. The number of allylic oxidation sites excluding steroid dienone is 2. The lowest BCUT2D eigenvalue weighted by Gasteiger charge is -2.26. The van der Waals surface area contributed by atoms with Crippen LogP contribution in [0.25, 0.3) is 15.7 Å². The Balaban J connectivity index is 2.23. The molecule has 0 saturated carbocycles. The number of carbonyl (C=O) groups is 1. The van der Waals surface area contributed by atoms with E-state index in [1.807, 2.05) is 0 Å². The molecular weight excluding hydrogens is 468 g/mol. The van der Waals surface area contributed by atoms with E-state index in [4.69, 9.17) is 11.3 Å². The highest BCUT2D eigenvalue weighted by atomic mass is 32.2. The van der Waals surface area contributed by atoms with Gasteiger partial charge in [-0.1, -0.05) is 13.0 Å². The number of nitrogens with zero attached hydrogens (tertiary/aromatic N) is 5. The predicted octanol–water partition coefficient (Wildman–Crippen LogP) is 4.82. The summed E-state index contributed by atoms with van der Waals surface area (Å²) in [6.45, 7) is 18.0. The van der Waals surface area contributed by atoms with Crippen molar-refractivity contribution in [3.8, 4) is 6.07 Å². The lowest BCUT2D eigenvalue weighted by atomic mass is 9.79. The maximum absolute atomic E-state index is 12.8. The first-order valence-corrected chi connectivity index (χ1v) is 12.8. The Hall–Kier alpha value is -3.70. The van der Waals surface area contributed by atoms with Crippen LogP contribution in [-0.2, 0) is 14.8 Å². The van der Waals surface area contributed by atoms with Crippen molar-refractivity contribution >= 4 is 38.5 Å². The maximum atomic E-state index is 12.8. The quantitative estimate of drug-likeness (QED) is 0.591. The number of sulfonamides is 1. The van der Waals surface area contributed by atoms with Crippen LogP contribution in [0.2, 0.25) is 0 Å². The molecule has 0 saturated heterocycles. The molecule has 1 N–H and O–H groups in total. The van der Waals surface area contributed by atoms with Gasteiger partial charge in [-0.15, -0.1) is 5.10 Å². The van der Waals surface area contributed by atoms with Crippen LogP contribution in [0.3, 0.4) is 0 Å². The van der Waals surface area contributed by atoms with Crippen molar-refractivity contribution in [1.29, 1.82) is 5.26 Å². The number of benzene rings is 1. The number of rotatable bonds is 5. The maximum Gasteiger partial charge on any atom is 0.435 e. The number of nitriles is 1. The van der Waals surface area contributed by atoms with Crippen molar-refractivity contribution < 1.29 is 17.9 Å². The fraction of sp³-hybridized carbons (Fsp3) is 0.458. The van der Waals surface area contributed by atoms with Gasteiger partial charge in [0.25, 0.3) is 0 Å². The van der Waals surface area contributed by atoms with Gasteiger partial charge in [0.05, 0.1) is 29.8 Å². The number of carbonyl (C=O) groups excluding carboxylic acids is 1. The molecule has 2 heterocycles. The van der Waals surface area contributed by atoms with Gasteiger partial charge in [-0.25, -0.2) is 18.1 Å². The van der Waals surface area contributed by atoms with Gasteiger partial charge in [0.2, 0.25) is 10.0 Å². The highest BCUT2D eigenvalue weighted by Gasteiger charge is 2.35. The zero-order chi connectivity index (χ0) is 26.1. The fourth-order valence-electron chi connectivity index (χ4n) is 4.00. The third-order valence-electron chi connectivity index (χ3n) is 5.41. The van der Waals surface area contributed by atoms with E-state index in [0.29, 0.717) is 40.0 Å². The molecule has 3 rings (SSSR count). The van der Waals surface area contributed by atoms with Gasteiger partial charge >= 0.3 is 6.09 Å². The van der Waals surface area contributed by atoms with E-state index in [1.165, 1.54) is 0 Å². The molecule has 0 bridgehead atoms. The Morgan fingerprint density at radius 2 is 2.03 bits per heavy atom. The van der Waals surface area contributed by atoms with E-state index in [2.05, 4.69) is 25.7 Å². The number of hydrogen-bond donors (Lipinski definition) is 1. The molecule has 0 amide bonds. The van der Waals surface area contributed by atoms with Crippen LogP contribution in [0.5, 0.6) is 0 Å². The largest absolute Gasteiger partial charge is 0.442 e. The van der Waals surface area contributed by atoms with Gasteiger partial charge < -0.3 is 4.74 Å². The van der Waals surface area contributed by atoms with Crippen molar-refractivity contribution in [2.24, 2.45) is 10.9 Å². The SMILES string of the molecule is [C-]#[N+]C1=C(C)N=C(C)C(C#N)C1c1ccc2c(c1)c(NS(=O)(=O)CCC)nn2C(=O)OC(C)(C)C. The smallest absolute Gasteiger partial charge is 0.435 e. The molecule has 2 aromatic rings. The van der Waals surface area contributed by atoms with E-state index in [0.717, 1.165) is 4.68 Å². The highest BCUT2D eigenvalue weighted by Crippen LogP contribution is 2.41. The zero-order valence-corrected chi connectivity index (χ0v) is 21.4. The van der Waals surface area contributed by atoms with Gasteiger partial charge in [0.1, 0.15) is 5.60 Å². The van der Waals surface area contributed by atoms with Crippen LogP contribution in [0, 0.1) is 23.8 Å². The van der Waals surface area contributed by atoms with E-state index >= 15 is 0 Å². The molecule has 184 valence electrons. The molecule has 0 fully saturated rings. The Bertz CT molecular complexity index is 1430. The lowest BCUT2D eigenvalue weighted by Crippen LogP contribution is -2.28. The van der Waals surface area contributed by atoms with Crippen molar-refractivity contribution in [1.82, 2.24) is 9.78 Å². The van der Waals surface area contributed by atoms with Gasteiger partial charge in [-0.2, -0.15) is 9.94 Å². The third-order valence-corrected chi connectivity index (χ3v) is 6.86. The lowest BCUT2D eigenvalue weighted by molar-refractivity contribution is 0.0523. The summed E-state index contributed by atoms with van der Waals surface area (Å²) in [5, 5.41) is 14.4. The fourth-order valence-corrected chi connectivity index (χ4v) is 5.09. The van der Waals surface area contributed by atoms with E-state index in [9.17, 15) is 18.5 Å². The number of aliphatic imine (C=N–C) groups is 1. The molecule has 1 aromatic carbocycles. The Kier molecular flexibility index (Phi) is 7.04. The molecule has 1 aliphatic heterocycles. The minimum Gasteiger partial charge on any atom is -0.442 e. The van der Waals surface area contributed by atoms with Crippen LogP contribution < -0.4 is 4.72 Å². The molecule has 35 heavy (non-hydrogen) atoms. The molecule has 1 aromatic heterocycles. The summed E-state index contributed by atoms with van der Waals surface area (Å²) in [5.41, 5.74) is 1.62. The second kappa shape index (κ2) is 9.51. The van der Waals surface area contributed by atoms with Gasteiger partial charge in [0, 0.05) is 22.7 Å². The molecule has 2 atom stereocenters. The van der Waals surface area contributed by atoms with Gasteiger partial charge in [-0.05, 0) is 58.7 Å². The van der Waals surface area contributed by atoms with E-state index < -0.39 is 33.6 Å². The minimum absolute atomic E-state index is 0.0269. The molecule has 0 spiro atoms. The van der Waals surface area contributed by atoms with Crippen LogP contribution in [-0.4, -0.2) is 41.4 Å². The van der Waals surface area contributed by atoms with Crippen LogP contribution in [0.1, 0.15) is 59.4 Å². The van der Waals surface area contributed by atoms with Crippen molar-refractivity contribution in [2.45, 2.75) is 59.5 Å². The van der Waals surface area contributed by atoms with Gasteiger partial charge in [-0.3, -0.25) is 9.71 Å². The summed E-state index contributed by atoms with van der Waals surface area (Å²) in [7, 11) is -3.72. The Morgan fingerprint density at radius 1 is 1.34 bits per heavy atom. The summed E-state index contributed by atoms with van der Waals surface area (Å²) in [6.07, 6.45) is -0.363. The monoisotopic (exact) mass is 496 g/mol. The van der Waals surface area contributed by atoms with Crippen molar-refractivity contribution in [3.63, 3.8) is 0 Å². The normalized spacial score (nSPS) is 18.6. The topological polar surface area (TPSA) is 131 Å². The molecule has 0 aliphatic carbocycles. The van der Waals surface area contributed by atoms with E-state index in [-0.39, 0.29) is 11.6 Å². The number of nitrogens with one attached hydrogen (secondary N) is 1. The summed E-state index contributed by atoms with van der Waals surface area (Å²) in [4.78, 5) is 20.9. The number of fused-ring (bicyclic) bond motifs is 1. The van der Waals surface area contributed by atoms with Crippen molar-refractivity contribution in [3.05, 3.63) is 46.6 Å². The second-order valence-electron chi connectivity index (χ2n) is 9.36. The summed E-state index contributed by atoms with van der Waals surface area (Å²) in [5.74, 6) is -1.40. The third kappa shape index (κ3) is 5.36. The van der Waals surface area contributed by atoms with Gasteiger partial charge in [0.15, 0.2) is 11.5 Å². The molecule has 0 radical (unpaired) electrons. The number of hydrogen-bond acceptors (Lipinski definition) is 7. The Morgan fingerprint density at radius 3 is 2.60 bits per heavy atom. The first kappa shape index (κ1) is 25.9. The highest BCUT2D eigenvalue weighted by molar-refractivity contribution is 7.92. The summed E-state index contributed by atoms with van der Waals surface area (Å²) >= 11 is 0. The molecule has 2 unspecified atom stereocenters. The molecular formula is C24H28N6O4S. The van der Waals surface area contributed by atoms with Crippen molar-refractivity contribution in [2.75, 3.05) is 10.5 Å². The first-order valence-electron chi connectivity index (χ1n) is 11.1. The number of anilines is 1. The van der Waals surface area contributed by atoms with Crippen LogP contribution >= 0.6 is 0 Å². The average Bonchev–Trinajstić information content (AvgIpc) is 3.09. The standard InChI is InChI=1S/C24H28N6O4S/c1-8-11-35(32,33)29-22-17-12-16(20-18(13-25)14(2)27-15(3)21(20)26-7)9-10-19(17)30(28-22)23(31)34-24(4,5)6/h9-10,12,18,20H,8,11H2,1-6H3,(H,28,29). The van der Waals surface area contributed by atoms with E-state index in [1.54, 1.807) is 59.7 Å². The molecule has 10 nitrogen and oxygen atoms in total. The number of aromatic nitrogens is 2. The minimum atomic E-state index is -3.72. The Labute approximate surface area is 205 Å². The number of ether oxygens (including phenoxy) is 1. The summed E-state index contributed by atoms with van der Waals surface area (Å²) < 4.78 is 34.0. The first-order chi connectivity index (χ1) is 16.3. The van der Waals surface area contributed by atoms with Crippen LogP contribution in [0.4, 0.5) is 10.6 Å².